The van der Waals surface area contributed by atoms with Gasteiger partial charge in [0.25, 0.3) is 5.91 Å². The van der Waals surface area contributed by atoms with Gasteiger partial charge < -0.3 is 20.1 Å². The first-order valence-corrected chi connectivity index (χ1v) is 13.3. The third-order valence-corrected chi connectivity index (χ3v) is 7.27. The molecule has 2 aliphatic rings. The summed E-state index contributed by atoms with van der Waals surface area (Å²) in [4.78, 5) is 24.5. The van der Waals surface area contributed by atoms with Crippen LogP contribution in [0.2, 0.25) is 0 Å². The maximum Gasteiger partial charge on any atom is 0.278 e. The van der Waals surface area contributed by atoms with Gasteiger partial charge in [0, 0.05) is 25.8 Å². The van der Waals surface area contributed by atoms with Crippen LogP contribution in [-0.2, 0) is 16.1 Å². The summed E-state index contributed by atoms with van der Waals surface area (Å²) < 4.78 is 81.5. The molecule has 2 heterocycles. The quantitative estimate of drug-likeness (QED) is 0.0512. The van der Waals surface area contributed by atoms with Crippen LogP contribution in [-0.4, -0.2) is 47.9 Å². The van der Waals surface area contributed by atoms with Crippen molar-refractivity contribution in [3.8, 4) is 5.75 Å². The van der Waals surface area contributed by atoms with E-state index in [-0.39, 0.29) is 18.1 Å². The predicted octanol–water partition coefficient (Wildman–Crippen LogP) is 4.72. The van der Waals surface area contributed by atoms with Gasteiger partial charge >= 0.3 is 0 Å². The average molecular weight is 630 g/mol. The second-order valence-corrected chi connectivity index (χ2v) is 10.1. The number of thiol groups is 1. The minimum absolute atomic E-state index is 0.104. The van der Waals surface area contributed by atoms with Gasteiger partial charge in [-0.3, -0.25) is 14.8 Å². The number of hydroxylamine groups is 1. The monoisotopic (exact) mass is 629 g/mol. The van der Waals surface area contributed by atoms with E-state index < -0.39 is 63.1 Å². The third kappa shape index (κ3) is 7.24. The first-order chi connectivity index (χ1) is 20.4. The van der Waals surface area contributed by atoms with Crippen molar-refractivity contribution in [2.45, 2.75) is 36.2 Å². The SMILES string of the molecule is Fc1c(F)c(F)c(S)c(F)c1F.O=C(NO)c1cc(F)c(N(Cc2ccc(C3CCOCC3)cc2)C(=O)C2CN2)cc1O. The number of anilines is 1. The second kappa shape index (κ2) is 13.7. The van der Waals surface area contributed by atoms with E-state index in [2.05, 4.69) is 17.9 Å². The molecule has 3 aromatic carbocycles. The number of amides is 2. The Morgan fingerprint density at radius 2 is 1.51 bits per heavy atom. The van der Waals surface area contributed by atoms with Gasteiger partial charge in [0.2, 0.25) is 11.7 Å². The summed E-state index contributed by atoms with van der Waals surface area (Å²) in [6, 6.07) is 9.27. The highest BCUT2D eigenvalue weighted by atomic mass is 32.1. The summed E-state index contributed by atoms with van der Waals surface area (Å²) in [7, 11) is 0. The number of carbonyl (C=O) groups excluding carboxylic acids is 2. The molecule has 2 aliphatic heterocycles. The number of nitrogens with zero attached hydrogens (tertiary/aromatic N) is 1. The number of hydrogen-bond donors (Lipinski definition) is 5. The molecule has 2 amide bonds. The van der Waals surface area contributed by atoms with E-state index in [1.54, 1.807) is 0 Å². The lowest BCUT2D eigenvalue weighted by Crippen LogP contribution is -2.35. The summed E-state index contributed by atoms with van der Waals surface area (Å²) in [6.45, 7) is 2.09. The number of phenolic OH excluding ortho intramolecular Hbond substituents is 1. The molecule has 1 atom stereocenters. The van der Waals surface area contributed by atoms with Crippen molar-refractivity contribution in [3.05, 3.63) is 88.0 Å². The standard InChI is InChI=1S/C22H24FN3O5.C6HF5S/c23-17-9-16(21(28)25-30)20(27)10-19(17)26(22(29)18-11-24-18)12-13-1-3-14(4-2-13)15-5-7-31-8-6-15;7-1-2(8)4(10)6(12)5(11)3(1)9/h1-4,9-10,15,18,24,27,30H,5-8,11-12H2,(H,25,28);12H. The van der Waals surface area contributed by atoms with Gasteiger partial charge in [0.15, 0.2) is 23.3 Å². The van der Waals surface area contributed by atoms with Crippen LogP contribution in [0.5, 0.6) is 5.75 Å². The van der Waals surface area contributed by atoms with Gasteiger partial charge in [-0.1, -0.05) is 24.3 Å². The molecule has 230 valence electrons. The zero-order valence-electron chi connectivity index (χ0n) is 22.1. The fraction of sp³-hybridized carbons (Fsp3) is 0.286. The van der Waals surface area contributed by atoms with Gasteiger partial charge in [-0.15, -0.1) is 12.6 Å². The van der Waals surface area contributed by atoms with Crippen LogP contribution in [0.4, 0.5) is 32.0 Å². The third-order valence-electron chi connectivity index (χ3n) is 6.87. The largest absolute Gasteiger partial charge is 0.507 e. The number of ether oxygens (including phenoxy) is 1. The topological polar surface area (TPSA) is 121 Å². The van der Waals surface area contributed by atoms with Crippen molar-refractivity contribution in [2.75, 3.05) is 24.7 Å². The summed E-state index contributed by atoms with van der Waals surface area (Å²) in [5.74, 6) is -12.3. The van der Waals surface area contributed by atoms with Crippen LogP contribution < -0.4 is 15.7 Å². The van der Waals surface area contributed by atoms with E-state index in [1.165, 1.54) is 15.9 Å². The lowest BCUT2D eigenvalue weighted by Gasteiger charge is -2.25. The lowest BCUT2D eigenvalue weighted by atomic mass is 9.91. The molecule has 0 spiro atoms. The smallest absolute Gasteiger partial charge is 0.278 e. The van der Waals surface area contributed by atoms with Crippen LogP contribution in [0.3, 0.4) is 0 Å². The van der Waals surface area contributed by atoms with Crippen molar-refractivity contribution in [1.82, 2.24) is 10.8 Å². The molecule has 4 N–H and O–H groups in total. The summed E-state index contributed by atoms with van der Waals surface area (Å²) in [6.07, 6.45) is 1.94. The highest BCUT2D eigenvalue weighted by Crippen LogP contribution is 2.32. The zero-order chi connectivity index (χ0) is 31.4. The number of phenols is 1. The van der Waals surface area contributed by atoms with E-state index in [0.717, 1.165) is 43.8 Å². The molecule has 8 nitrogen and oxygen atoms in total. The van der Waals surface area contributed by atoms with Crippen molar-refractivity contribution in [3.63, 3.8) is 0 Å². The molecule has 0 saturated carbocycles. The van der Waals surface area contributed by atoms with Gasteiger partial charge in [-0.25, -0.2) is 31.8 Å². The molecule has 0 aromatic heterocycles. The van der Waals surface area contributed by atoms with Gasteiger partial charge in [-0.2, -0.15) is 0 Å². The Morgan fingerprint density at radius 3 is 2.05 bits per heavy atom. The average Bonchev–Trinajstić information content (AvgIpc) is 3.88. The van der Waals surface area contributed by atoms with E-state index in [9.17, 15) is 41.0 Å². The Hall–Kier alpha value is -3.79. The predicted molar refractivity (Wildman–Crippen MR) is 143 cm³/mol. The summed E-state index contributed by atoms with van der Waals surface area (Å²) in [5, 5.41) is 21.8. The number of aromatic hydroxyl groups is 1. The zero-order valence-corrected chi connectivity index (χ0v) is 23.0. The minimum Gasteiger partial charge on any atom is -0.507 e. The van der Waals surface area contributed by atoms with Crippen molar-refractivity contribution in [2.24, 2.45) is 0 Å². The van der Waals surface area contributed by atoms with E-state index in [0.29, 0.717) is 12.5 Å². The van der Waals surface area contributed by atoms with Crippen LogP contribution in [0.1, 0.15) is 40.2 Å². The Bertz CT molecular complexity index is 1410. The Kier molecular flexibility index (Phi) is 10.2. The normalized spacial score (nSPS) is 16.2. The number of halogens is 6. The Morgan fingerprint density at radius 1 is 0.953 bits per heavy atom. The fourth-order valence-electron chi connectivity index (χ4n) is 4.41. The van der Waals surface area contributed by atoms with E-state index in [1.807, 2.05) is 24.3 Å². The highest BCUT2D eigenvalue weighted by molar-refractivity contribution is 7.80. The number of benzene rings is 3. The van der Waals surface area contributed by atoms with Crippen molar-refractivity contribution >= 4 is 30.1 Å². The van der Waals surface area contributed by atoms with Crippen molar-refractivity contribution < 1.29 is 51.0 Å². The molecule has 0 bridgehead atoms. The number of rotatable bonds is 6. The van der Waals surface area contributed by atoms with Crippen LogP contribution in [0.25, 0.3) is 0 Å². The molecular weight excluding hydrogens is 604 g/mol. The molecule has 15 heteroatoms. The molecule has 3 aromatic rings. The molecular formula is C28H25F6N3O5S. The minimum atomic E-state index is -2.18. The molecule has 5 rings (SSSR count). The van der Waals surface area contributed by atoms with Crippen LogP contribution in [0.15, 0.2) is 41.3 Å². The molecule has 43 heavy (non-hydrogen) atoms. The number of carbonyl (C=O) groups is 2. The lowest BCUT2D eigenvalue weighted by molar-refractivity contribution is -0.118. The number of nitrogens with one attached hydrogen (secondary N) is 2. The Labute approximate surface area is 246 Å². The van der Waals surface area contributed by atoms with Crippen LogP contribution >= 0.6 is 12.6 Å². The maximum atomic E-state index is 14.8. The first kappa shape index (κ1) is 32.1. The Balaban J connectivity index is 0.000000296. The van der Waals surface area contributed by atoms with Gasteiger partial charge in [-0.05, 0) is 36.0 Å². The first-order valence-electron chi connectivity index (χ1n) is 12.8. The fourth-order valence-corrected chi connectivity index (χ4v) is 4.60. The van der Waals surface area contributed by atoms with E-state index in [4.69, 9.17) is 9.94 Å². The highest BCUT2D eigenvalue weighted by Gasteiger charge is 2.35. The van der Waals surface area contributed by atoms with E-state index >= 15 is 0 Å². The second-order valence-electron chi connectivity index (χ2n) is 9.69. The molecule has 2 fully saturated rings. The van der Waals surface area contributed by atoms with Crippen LogP contribution in [0, 0.1) is 34.9 Å². The molecule has 2 saturated heterocycles. The molecule has 0 radical (unpaired) electrons. The van der Waals surface area contributed by atoms with Crippen molar-refractivity contribution in [1.29, 1.82) is 0 Å². The number of hydrogen-bond acceptors (Lipinski definition) is 7. The summed E-state index contributed by atoms with van der Waals surface area (Å²) in [5.41, 5.74) is 2.80. The van der Waals surface area contributed by atoms with Gasteiger partial charge in [0.05, 0.1) is 28.7 Å². The van der Waals surface area contributed by atoms with Gasteiger partial charge in [0.1, 0.15) is 11.6 Å². The summed E-state index contributed by atoms with van der Waals surface area (Å²) >= 11 is 3.10. The maximum absolute atomic E-state index is 14.8. The molecule has 0 aliphatic carbocycles. The molecule has 1 unspecified atom stereocenters.